The number of thioether (sulfide) groups is 1. The molecule has 0 atom stereocenters. The summed E-state index contributed by atoms with van der Waals surface area (Å²) in [5.41, 5.74) is 0.675. The van der Waals surface area contributed by atoms with E-state index in [2.05, 4.69) is 25.8 Å². The number of hydrogen-bond donors (Lipinski definition) is 2. The quantitative estimate of drug-likeness (QED) is 0.500. The molecule has 0 aliphatic carbocycles. The number of amides is 2. The number of carbonyl (C=O) groups excluding carboxylic acids is 2. The zero-order valence-corrected chi connectivity index (χ0v) is 17.5. The van der Waals surface area contributed by atoms with E-state index in [4.69, 9.17) is 4.74 Å². The van der Waals surface area contributed by atoms with Crippen molar-refractivity contribution in [3.63, 3.8) is 0 Å². The van der Waals surface area contributed by atoms with Crippen LogP contribution in [0.1, 0.15) is 12.7 Å². The normalized spacial score (nSPS) is 10.6. The summed E-state index contributed by atoms with van der Waals surface area (Å²) in [7, 11) is 1.76. The molecule has 2 N–H and O–H groups in total. The molecule has 2 heterocycles. The lowest BCUT2D eigenvalue weighted by Crippen LogP contribution is -2.17. The van der Waals surface area contributed by atoms with Gasteiger partial charge in [0.25, 0.3) is 0 Å². The van der Waals surface area contributed by atoms with Gasteiger partial charge >= 0.3 is 0 Å². The third kappa shape index (κ3) is 6.03. The highest BCUT2D eigenvalue weighted by atomic mass is 32.2. The Kier molecular flexibility index (Phi) is 7.19. The number of nitrogens with zero attached hydrogens (tertiary/aromatic N) is 4. The molecule has 0 saturated heterocycles. The summed E-state index contributed by atoms with van der Waals surface area (Å²) in [5.74, 6) is 1.05. The van der Waals surface area contributed by atoms with Crippen molar-refractivity contribution in [2.45, 2.75) is 18.5 Å². The first-order chi connectivity index (χ1) is 14.0. The lowest BCUT2D eigenvalue weighted by molar-refractivity contribution is -0.116. The summed E-state index contributed by atoms with van der Waals surface area (Å²) in [5, 5.41) is 16.5. The number of rotatable bonds is 9. The van der Waals surface area contributed by atoms with Crippen LogP contribution in [0.4, 0.5) is 10.8 Å². The summed E-state index contributed by atoms with van der Waals surface area (Å²) in [6, 6.07) is 7.16. The van der Waals surface area contributed by atoms with Gasteiger partial charge in [-0.3, -0.25) is 9.59 Å². The van der Waals surface area contributed by atoms with Gasteiger partial charge in [-0.1, -0.05) is 11.8 Å². The molecule has 0 saturated carbocycles. The van der Waals surface area contributed by atoms with E-state index in [0.29, 0.717) is 28.4 Å². The molecule has 2 amide bonds. The number of aromatic nitrogens is 4. The molecule has 29 heavy (non-hydrogen) atoms. The van der Waals surface area contributed by atoms with Crippen LogP contribution >= 0.6 is 23.1 Å². The van der Waals surface area contributed by atoms with Gasteiger partial charge < -0.3 is 19.9 Å². The van der Waals surface area contributed by atoms with Crippen LogP contribution in [0.15, 0.2) is 41.0 Å². The minimum absolute atomic E-state index is 0.0720. The van der Waals surface area contributed by atoms with Gasteiger partial charge in [-0.15, -0.1) is 21.5 Å². The van der Waals surface area contributed by atoms with Gasteiger partial charge in [0, 0.05) is 24.3 Å². The summed E-state index contributed by atoms with van der Waals surface area (Å²) in [6.07, 6.45) is 1.70. The standard InChI is InChI=1S/C18H20N6O3S2/c1-3-27-13-6-4-12(5-7-13)20-15(25)10-14-22-23-18(24(14)2)29-11-16(26)21-17-19-8-9-28-17/h4-9H,3,10-11H2,1-2H3,(H,20,25)(H,19,21,26). The van der Waals surface area contributed by atoms with Crippen LogP contribution in [0.5, 0.6) is 5.75 Å². The highest BCUT2D eigenvalue weighted by molar-refractivity contribution is 7.99. The highest BCUT2D eigenvalue weighted by Gasteiger charge is 2.15. The molecule has 1 aromatic carbocycles. The average Bonchev–Trinajstić information content (AvgIpc) is 3.32. The van der Waals surface area contributed by atoms with E-state index in [-0.39, 0.29) is 24.0 Å². The lowest BCUT2D eigenvalue weighted by Gasteiger charge is -2.07. The molecule has 0 aliphatic heterocycles. The van der Waals surface area contributed by atoms with E-state index < -0.39 is 0 Å². The maximum Gasteiger partial charge on any atom is 0.236 e. The van der Waals surface area contributed by atoms with E-state index in [1.54, 1.807) is 47.5 Å². The summed E-state index contributed by atoms with van der Waals surface area (Å²) in [6.45, 7) is 2.50. The smallest absolute Gasteiger partial charge is 0.236 e. The van der Waals surface area contributed by atoms with Crippen molar-refractivity contribution in [3.05, 3.63) is 41.7 Å². The fraction of sp³-hybridized carbons (Fsp3) is 0.278. The second-order valence-corrected chi connectivity index (χ2v) is 7.65. The Morgan fingerprint density at radius 3 is 2.66 bits per heavy atom. The molecule has 0 fully saturated rings. The first-order valence-corrected chi connectivity index (χ1v) is 10.6. The molecule has 0 spiro atoms. The van der Waals surface area contributed by atoms with E-state index in [1.807, 2.05) is 6.92 Å². The van der Waals surface area contributed by atoms with Crippen LogP contribution in [0.25, 0.3) is 0 Å². The third-order valence-electron chi connectivity index (χ3n) is 3.70. The van der Waals surface area contributed by atoms with Crippen LogP contribution in [-0.4, -0.2) is 43.9 Å². The van der Waals surface area contributed by atoms with Crippen molar-refractivity contribution in [1.29, 1.82) is 0 Å². The summed E-state index contributed by atoms with van der Waals surface area (Å²) < 4.78 is 7.09. The Bertz CT molecular complexity index is 957. The zero-order chi connectivity index (χ0) is 20.6. The van der Waals surface area contributed by atoms with Gasteiger partial charge in [0.1, 0.15) is 11.6 Å². The Balaban J connectivity index is 1.50. The van der Waals surface area contributed by atoms with Crippen LogP contribution in [0.2, 0.25) is 0 Å². The second kappa shape index (κ2) is 10.0. The Labute approximate surface area is 175 Å². The monoisotopic (exact) mass is 432 g/mol. The molecule has 0 radical (unpaired) electrons. The SMILES string of the molecule is CCOc1ccc(NC(=O)Cc2nnc(SCC(=O)Nc3nccs3)n2C)cc1. The molecule has 0 unspecified atom stereocenters. The molecule has 152 valence electrons. The van der Waals surface area contributed by atoms with Gasteiger partial charge in [0.2, 0.25) is 11.8 Å². The molecular formula is C18H20N6O3S2. The zero-order valence-electron chi connectivity index (χ0n) is 15.9. The summed E-state index contributed by atoms with van der Waals surface area (Å²) >= 11 is 2.60. The predicted octanol–water partition coefficient (Wildman–Crippen LogP) is 2.58. The predicted molar refractivity (Wildman–Crippen MR) is 112 cm³/mol. The van der Waals surface area contributed by atoms with Crippen molar-refractivity contribution in [2.24, 2.45) is 7.05 Å². The minimum Gasteiger partial charge on any atom is -0.494 e. The van der Waals surface area contributed by atoms with Gasteiger partial charge in [0.15, 0.2) is 10.3 Å². The fourth-order valence-electron chi connectivity index (χ4n) is 2.35. The molecule has 9 nitrogen and oxygen atoms in total. The van der Waals surface area contributed by atoms with Gasteiger partial charge in [-0.05, 0) is 31.2 Å². The molecular weight excluding hydrogens is 412 g/mol. The van der Waals surface area contributed by atoms with Crippen molar-refractivity contribution >= 4 is 45.7 Å². The topological polar surface area (TPSA) is 111 Å². The molecule has 3 rings (SSSR count). The van der Waals surface area contributed by atoms with Crippen molar-refractivity contribution < 1.29 is 14.3 Å². The number of benzene rings is 1. The van der Waals surface area contributed by atoms with Gasteiger partial charge in [-0.2, -0.15) is 0 Å². The molecule has 3 aromatic rings. The first kappa shape index (κ1) is 20.8. The number of thiazole rings is 1. The van der Waals surface area contributed by atoms with Crippen LogP contribution in [-0.2, 0) is 23.1 Å². The maximum absolute atomic E-state index is 12.3. The number of carbonyl (C=O) groups is 2. The summed E-state index contributed by atoms with van der Waals surface area (Å²) in [4.78, 5) is 28.3. The van der Waals surface area contributed by atoms with Crippen molar-refractivity contribution in [3.8, 4) is 5.75 Å². The van der Waals surface area contributed by atoms with E-state index in [1.165, 1.54) is 23.1 Å². The number of anilines is 2. The first-order valence-electron chi connectivity index (χ1n) is 8.78. The van der Waals surface area contributed by atoms with Crippen LogP contribution in [0, 0.1) is 0 Å². The Morgan fingerprint density at radius 1 is 1.17 bits per heavy atom. The van der Waals surface area contributed by atoms with E-state index in [9.17, 15) is 9.59 Å². The van der Waals surface area contributed by atoms with Crippen LogP contribution in [0.3, 0.4) is 0 Å². The molecule has 0 bridgehead atoms. The Morgan fingerprint density at radius 2 is 1.97 bits per heavy atom. The van der Waals surface area contributed by atoms with Crippen molar-refractivity contribution in [1.82, 2.24) is 19.7 Å². The van der Waals surface area contributed by atoms with Gasteiger partial charge in [-0.25, -0.2) is 4.98 Å². The number of nitrogens with one attached hydrogen (secondary N) is 2. The number of ether oxygens (including phenoxy) is 1. The third-order valence-corrected chi connectivity index (χ3v) is 5.41. The van der Waals surface area contributed by atoms with Crippen molar-refractivity contribution in [2.75, 3.05) is 23.0 Å². The Hall–Kier alpha value is -2.92. The van der Waals surface area contributed by atoms with Gasteiger partial charge in [0.05, 0.1) is 18.8 Å². The molecule has 0 aliphatic rings. The fourth-order valence-corrected chi connectivity index (χ4v) is 3.62. The van der Waals surface area contributed by atoms with E-state index in [0.717, 1.165) is 5.75 Å². The largest absolute Gasteiger partial charge is 0.494 e. The average molecular weight is 433 g/mol. The second-order valence-electron chi connectivity index (χ2n) is 5.81. The minimum atomic E-state index is -0.206. The maximum atomic E-state index is 12.3. The van der Waals surface area contributed by atoms with E-state index >= 15 is 0 Å². The highest BCUT2D eigenvalue weighted by Crippen LogP contribution is 2.18. The molecule has 2 aromatic heterocycles. The number of hydrogen-bond acceptors (Lipinski definition) is 8. The van der Waals surface area contributed by atoms with Crippen LogP contribution < -0.4 is 15.4 Å². The molecule has 11 heteroatoms. The lowest BCUT2D eigenvalue weighted by atomic mass is 10.3.